The van der Waals surface area contributed by atoms with Crippen LogP contribution in [0, 0.1) is 17.8 Å². The van der Waals surface area contributed by atoms with Gasteiger partial charge in [-0.1, -0.05) is 128 Å². The first-order valence-corrected chi connectivity index (χ1v) is 20.8. The van der Waals surface area contributed by atoms with E-state index in [1.807, 2.05) is 48.5 Å². The summed E-state index contributed by atoms with van der Waals surface area (Å²) in [7, 11) is 0. The molecule has 2 fully saturated rings. The van der Waals surface area contributed by atoms with Gasteiger partial charge in [0.1, 0.15) is 23.0 Å². The molecule has 0 bridgehead atoms. The Hall–Kier alpha value is -3.92. The summed E-state index contributed by atoms with van der Waals surface area (Å²) in [5.74, 6) is 6.05. The van der Waals surface area contributed by atoms with Crippen LogP contribution in [0.2, 0.25) is 0 Å². The molecule has 52 heavy (non-hydrogen) atoms. The summed E-state index contributed by atoms with van der Waals surface area (Å²) in [4.78, 5) is 0. The molecule has 0 heterocycles. The molecule has 278 valence electrons. The fourth-order valence-electron chi connectivity index (χ4n) is 9.08. The van der Waals surface area contributed by atoms with Crippen molar-refractivity contribution in [2.75, 3.05) is 11.5 Å². The molecule has 4 heteroatoms. The number of rotatable bonds is 18. The summed E-state index contributed by atoms with van der Waals surface area (Å²) in [6.07, 6.45) is 26.6. The molecule has 4 nitrogen and oxygen atoms in total. The van der Waals surface area contributed by atoms with Crippen molar-refractivity contribution in [1.29, 1.82) is 0 Å². The van der Waals surface area contributed by atoms with E-state index in [0.29, 0.717) is 0 Å². The average Bonchev–Trinajstić information content (AvgIpc) is 3.18. The minimum atomic E-state index is -0.0243. The minimum absolute atomic E-state index is 0.0243. The van der Waals surface area contributed by atoms with E-state index in [1.54, 1.807) is 0 Å². The maximum atomic E-state index is 6.17. The first-order chi connectivity index (χ1) is 25.5. The van der Waals surface area contributed by atoms with E-state index in [0.717, 1.165) is 52.1 Å². The number of hydrogen-bond acceptors (Lipinski definition) is 4. The molecule has 6 rings (SSSR count). The van der Waals surface area contributed by atoms with Gasteiger partial charge in [-0.3, -0.25) is 0 Å². The molecule has 0 radical (unpaired) electrons. The van der Waals surface area contributed by atoms with Crippen molar-refractivity contribution < 1.29 is 9.47 Å². The van der Waals surface area contributed by atoms with E-state index in [4.69, 9.17) is 20.9 Å². The maximum Gasteiger partial charge on any atom is 0.127 e. The first-order valence-electron chi connectivity index (χ1n) is 20.8. The van der Waals surface area contributed by atoms with Gasteiger partial charge in [-0.2, -0.15) is 0 Å². The number of unbranched alkanes of at least 4 members (excludes halogenated alkanes) is 7. The molecule has 0 aromatic heterocycles. The van der Waals surface area contributed by atoms with E-state index in [-0.39, 0.29) is 5.41 Å². The lowest BCUT2D eigenvalue weighted by atomic mass is 9.62. The van der Waals surface area contributed by atoms with Crippen molar-refractivity contribution >= 4 is 11.4 Å². The Labute approximate surface area is 314 Å². The molecule has 4 aromatic rings. The fraction of sp³-hybridized carbons (Fsp3) is 0.500. The SMILES string of the molecule is CCCCCCCCCC[C@H]1CC[C@H](CCC2CCC(c3ccc(Oc4ccc(N)cc4)cc3)(c3ccc(Oc4ccc(N)cc4)cc3)CC2)CC1. The summed E-state index contributed by atoms with van der Waals surface area (Å²) in [5, 5.41) is 0. The lowest BCUT2D eigenvalue weighted by Gasteiger charge is -2.42. The Bertz CT molecular complexity index is 1490. The Balaban J connectivity index is 1.03. The van der Waals surface area contributed by atoms with Gasteiger partial charge >= 0.3 is 0 Å². The number of nitrogens with two attached hydrogens (primary N) is 2. The average molecular weight is 701 g/mol. The van der Waals surface area contributed by atoms with E-state index in [1.165, 1.54) is 133 Å². The Morgan fingerprint density at radius 3 is 1.21 bits per heavy atom. The minimum Gasteiger partial charge on any atom is -0.457 e. The Kier molecular flexibility index (Phi) is 14.0. The van der Waals surface area contributed by atoms with Crippen LogP contribution in [0.5, 0.6) is 23.0 Å². The second-order valence-corrected chi connectivity index (χ2v) is 16.1. The van der Waals surface area contributed by atoms with Crippen molar-refractivity contribution in [1.82, 2.24) is 0 Å². The number of ether oxygens (including phenoxy) is 2. The number of hydrogen-bond donors (Lipinski definition) is 2. The normalized spacial score (nSPS) is 18.9. The van der Waals surface area contributed by atoms with Crippen LogP contribution in [0.1, 0.15) is 140 Å². The molecule has 0 unspecified atom stereocenters. The highest BCUT2D eigenvalue weighted by molar-refractivity contribution is 5.47. The molecular weight excluding hydrogens is 637 g/mol. The monoisotopic (exact) mass is 700 g/mol. The second-order valence-electron chi connectivity index (χ2n) is 16.1. The summed E-state index contributed by atoms with van der Waals surface area (Å²) in [6.45, 7) is 2.31. The molecule has 4 aromatic carbocycles. The predicted octanol–water partition coefficient (Wildman–Crippen LogP) is 14.0. The smallest absolute Gasteiger partial charge is 0.127 e. The van der Waals surface area contributed by atoms with Crippen LogP contribution in [0.15, 0.2) is 97.1 Å². The van der Waals surface area contributed by atoms with Crippen molar-refractivity contribution in [3.63, 3.8) is 0 Å². The first kappa shape index (κ1) is 37.8. The van der Waals surface area contributed by atoms with Gasteiger partial charge in [0.25, 0.3) is 0 Å². The Morgan fingerprint density at radius 2 is 0.788 bits per heavy atom. The van der Waals surface area contributed by atoms with Crippen molar-refractivity contribution in [2.45, 2.75) is 134 Å². The molecular formula is C48H64N2O2. The number of benzene rings is 4. The molecule has 2 aliphatic rings. The molecule has 0 saturated heterocycles. The van der Waals surface area contributed by atoms with Crippen LogP contribution in [-0.4, -0.2) is 0 Å². The third-order valence-electron chi connectivity index (χ3n) is 12.4. The lowest BCUT2D eigenvalue weighted by molar-refractivity contribution is 0.208. The topological polar surface area (TPSA) is 70.5 Å². The van der Waals surface area contributed by atoms with Crippen LogP contribution >= 0.6 is 0 Å². The van der Waals surface area contributed by atoms with Gasteiger partial charge in [-0.15, -0.1) is 0 Å². The molecule has 0 aliphatic heterocycles. The number of nitrogen functional groups attached to an aromatic ring is 2. The third-order valence-corrected chi connectivity index (χ3v) is 12.4. The van der Waals surface area contributed by atoms with Crippen LogP contribution in [0.25, 0.3) is 0 Å². The van der Waals surface area contributed by atoms with Gasteiger partial charge < -0.3 is 20.9 Å². The maximum absolute atomic E-state index is 6.17. The van der Waals surface area contributed by atoms with E-state index in [9.17, 15) is 0 Å². The molecule has 0 amide bonds. The van der Waals surface area contributed by atoms with E-state index in [2.05, 4.69) is 55.5 Å². The van der Waals surface area contributed by atoms with Gasteiger partial charge in [0.05, 0.1) is 0 Å². The zero-order valence-corrected chi connectivity index (χ0v) is 31.9. The lowest BCUT2D eigenvalue weighted by Crippen LogP contribution is -2.33. The quantitative estimate of drug-likeness (QED) is 0.0800. The van der Waals surface area contributed by atoms with Gasteiger partial charge in [0, 0.05) is 16.8 Å². The second kappa shape index (κ2) is 19.2. The van der Waals surface area contributed by atoms with Crippen LogP contribution < -0.4 is 20.9 Å². The molecule has 2 saturated carbocycles. The third kappa shape index (κ3) is 10.8. The zero-order chi connectivity index (χ0) is 36.0. The van der Waals surface area contributed by atoms with Crippen LogP contribution in [0.4, 0.5) is 11.4 Å². The fourth-order valence-corrected chi connectivity index (χ4v) is 9.08. The Morgan fingerprint density at radius 1 is 0.442 bits per heavy atom. The van der Waals surface area contributed by atoms with E-state index >= 15 is 0 Å². The van der Waals surface area contributed by atoms with Crippen molar-refractivity contribution in [3.05, 3.63) is 108 Å². The summed E-state index contributed by atoms with van der Waals surface area (Å²) < 4.78 is 12.3. The molecule has 4 N–H and O–H groups in total. The van der Waals surface area contributed by atoms with Gasteiger partial charge in [-0.25, -0.2) is 0 Å². The highest BCUT2D eigenvalue weighted by Crippen LogP contribution is 2.49. The predicted molar refractivity (Wildman–Crippen MR) is 219 cm³/mol. The van der Waals surface area contributed by atoms with Crippen LogP contribution in [-0.2, 0) is 5.41 Å². The highest BCUT2D eigenvalue weighted by atomic mass is 16.5. The standard InChI is InChI=1S/C48H64N2O2/c1-2-3-4-5-6-7-8-9-10-37-11-13-38(14-12-37)15-16-39-33-35-48(36-34-39,40-17-25-44(26-18-40)51-46-29-21-42(49)22-30-46)41-19-27-45(28-20-41)52-47-31-23-43(50)24-32-47/h17-32,37-39H,2-16,33-36,49-50H2,1H3/t37-,38-. The molecule has 2 aliphatic carbocycles. The van der Waals surface area contributed by atoms with Gasteiger partial charge in [-0.05, 0) is 127 Å². The zero-order valence-electron chi connectivity index (χ0n) is 31.9. The molecule has 0 atom stereocenters. The number of anilines is 2. The van der Waals surface area contributed by atoms with Crippen molar-refractivity contribution in [3.8, 4) is 23.0 Å². The van der Waals surface area contributed by atoms with Gasteiger partial charge in [0.2, 0.25) is 0 Å². The van der Waals surface area contributed by atoms with Crippen LogP contribution in [0.3, 0.4) is 0 Å². The summed E-state index contributed by atoms with van der Waals surface area (Å²) in [6, 6.07) is 32.9. The largest absolute Gasteiger partial charge is 0.457 e. The van der Waals surface area contributed by atoms with E-state index < -0.39 is 0 Å². The highest BCUT2D eigenvalue weighted by Gasteiger charge is 2.38. The van der Waals surface area contributed by atoms with Gasteiger partial charge in [0.15, 0.2) is 0 Å². The summed E-state index contributed by atoms with van der Waals surface area (Å²) >= 11 is 0. The molecule has 0 spiro atoms. The summed E-state index contributed by atoms with van der Waals surface area (Å²) in [5.41, 5.74) is 16.0. The van der Waals surface area contributed by atoms with Crippen molar-refractivity contribution in [2.24, 2.45) is 17.8 Å².